The summed E-state index contributed by atoms with van der Waals surface area (Å²) < 4.78 is 18.9. The van der Waals surface area contributed by atoms with Crippen LogP contribution in [0.15, 0.2) is 54.6 Å². The zero-order valence-corrected chi connectivity index (χ0v) is 18.8. The maximum atomic E-state index is 13.4. The van der Waals surface area contributed by atoms with Crippen molar-refractivity contribution in [3.8, 4) is 0 Å². The Bertz CT molecular complexity index is 822. The standard InChI is InChI=1S/C25H33FN2O3/c1-18(2)25(30)28(17-20-11-13-22(26)14-12-20)23(21-9-6-5-7-10-21)24(29)27-15-8-16-31-19(3)4/h5-7,9-14,18-19,23H,8,15-17H2,1-4H3,(H,27,29). The number of ether oxygens (including phenoxy) is 1. The minimum atomic E-state index is -0.785. The zero-order chi connectivity index (χ0) is 22.8. The van der Waals surface area contributed by atoms with Gasteiger partial charge in [-0.2, -0.15) is 0 Å². The average Bonchev–Trinajstić information content (AvgIpc) is 2.74. The molecule has 2 amide bonds. The molecule has 1 unspecified atom stereocenters. The normalized spacial score (nSPS) is 12.1. The van der Waals surface area contributed by atoms with Gasteiger partial charge in [0.25, 0.3) is 0 Å². The zero-order valence-electron chi connectivity index (χ0n) is 18.8. The number of rotatable bonds is 11. The van der Waals surface area contributed by atoms with E-state index in [-0.39, 0.29) is 36.2 Å². The van der Waals surface area contributed by atoms with Crippen LogP contribution >= 0.6 is 0 Å². The van der Waals surface area contributed by atoms with Crippen LogP contribution in [0.1, 0.15) is 51.3 Å². The van der Waals surface area contributed by atoms with Crippen LogP contribution in [0.3, 0.4) is 0 Å². The van der Waals surface area contributed by atoms with E-state index in [1.165, 1.54) is 12.1 Å². The maximum absolute atomic E-state index is 13.4. The largest absolute Gasteiger partial charge is 0.379 e. The monoisotopic (exact) mass is 428 g/mol. The molecular formula is C25H33FN2O3. The predicted octanol–water partition coefficient (Wildman–Crippen LogP) is 4.48. The number of hydrogen-bond donors (Lipinski definition) is 1. The number of amides is 2. The number of carbonyl (C=O) groups is 2. The van der Waals surface area contributed by atoms with Crippen molar-refractivity contribution < 1.29 is 18.7 Å². The Balaban J connectivity index is 2.27. The van der Waals surface area contributed by atoms with E-state index in [2.05, 4.69) is 5.32 Å². The molecule has 2 aromatic rings. The quantitative estimate of drug-likeness (QED) is 0.537. The van der Waals surface area contributed by atoms with E-state index >= 15 is 0 Å². The first kappa shape index (κ1) is 24.5. The number of carbonyl (C=O) groups excluding carboxylic acids is 2. The van der Waals surface area contributed by atoms with Gasteiger partial charge in [-0.3, -0.25) is 9.59 Å². The third-order valence-electron chi connectivity index (χ3n) is 4.79. The molecule has 0 aliphatic rings. The Morgan fingerprint density at radius 2 is 1.65 bits per heavy atom. The highest BCUT2D eigenvalue weighted by Gasteiger charge is 2.32. The second-order valence-electron chi connectivity index (χ2n) is 8.12. The van der Waals surface area contributed by atoms with Gasteiger partial charge in [-0.25, -0.2) is 4.39 Å². The van der Waals surface area contributed by atoms with Crippen molar-refractivity contribution >= 4 is 11.8 Å². The molecule has 168 valence electrons. The summed E-state index contributed by atoms with van der Waals surface area (Å²) in [5.41, 5.74) is 1.49. The molecule has 1 N–H and O–H groups in total. The minimum Gasteiger partial charge on any atom is -0.379 e. The van der Waals surface area contributed by atoms with Gasteiger partial charge in [0.05, 0.1) is 6.10 Å². The molecule has 0 aliphatic heterocycles. The molecule has 1 atom stereocenters. The summed E-state index contributed by atoms with van der Waals surface area (Å²) in [7, 11) is 0. The van der Waals surface area contributed by atoms with Crippen LogP contribution in [0.4, 0.5) is 4.39 Å². The molecule has 0 fully saturated rings. The Morgan fingerprint density at radius 3 is 2.23 bits per heavy atom. The maximum Gasteiger partial charge on any atom is 0.247 e. The smallest absolute Gasteiger partial charge is 0.247 e. The highest BCUT2D eigenvalue weighted by Crippen LogP contribution is 2.25. The fourth-order valence-corrected chi connectivity index (χ4v) is 3.22. The molecule has 5 nitrogen and oxygen atoms in total. The molecule has 0 heterocycles. The number of nitrogens with one attached hydrogen (secondary N) is 1. The van der Waals surface area contributed by atoms with Gasteiger partial charge in [-0.1, -0.05) is 56.3 Å². The van der Waals surface area contributed by atoms with Crippen molar-refractivity contribution in [1.29, 1.82) is 0 Å². The minimum absolute atomic E-state index is 0.141. The number of halogens is 1. The first-order valence-corrected chi connectivity index (χ1v) is 10.8. The van der Waals surface area contributed by atoms with Crippen molar-refractivity contribution in [3.05, 3.63) is 71.5 Å². The topological polar surface area (TPSA) is 58.6 Å². The van der Waals surface area contributed by atoms with E-state index in [0.717, 1.165) is 11.1 Å². The van der Waals surface area contributed by atoms with Crippen LogP contribution in [0.5, 0.6) is 0 Å². The highest BCUT2D eigenvalue weighted by molar-refractivity contribution is 5.89. The lowest BCUT2D eigenvalue weighted by Gasteiger charge is -2.33. The second kappa shape index (κ2) is 12.2. The lowest BCUT2D eigenvalue weighted by Crippen LogP contribution is -2.45. The third-order valence-corrected chi connectivity index (χ3v) is 4.79. The van der Waals surface area contributed by atoms with Gasteiger partial charge in [0, 0.05) is 25.6 Å². The van der Waals surface area contributed by atoms with Gasteiger partial charge in [0.15, 0.2) is 0 Å². The predicted molar refractivity (Wildman–Crippen MR) is 120 cm³/mol. The van der Waals surface area contributed by atoms with Crippen LogP contribution in [0, 0.1) is 11.7 Å². The van der Waals surface area contributed by atoms with Crippen molar-refractivity contribution in [3.63, 3.8) is 0 Å². The lowest BCUT2D eigenvalue weighted by atomic mass is 10.0. The molecule has 0 saturated carbocycles. The van der Waals surface area contributed by atoms with E-state index in [4.69, 9.17) is 4.74 Å². The van der Waals surface area contributed by atoms with E-state index in [9.17, 15) is 14.0 Å². The van der Waals surface area contributed by atoms with Crippen LogP contribution < -0.4 is 5.32 Å². The number of benzene rings is 2. The molecule has 0 radical (unpaired) electrons. The molecule has 2 aromatic carbocycles. The molecule has 0 aliphatic carbocycles. The molecular weight excluding hydrogens is 395 g/mol. The molecule has 0 spiro atoms. The van der Waals surface area contributed by atoms with E-state index in [1.54, 1.807) is 17.0 Å². The van der Waals surface area contributed by atoms with Gasteiger partial charge in [0.2, 0.25) is 11.8 Å². The van der Waals surface area contributed by atoms with Gasteiger partial charge in [-0.15, -0.1) is 0 Å². The lowest BCUT2D eigenvalue weighted by molar-refractivity contribution is -0.144. The first-order valence-electron chi connectivity index (χ1n) is 10.8. The molecule has 6 heteroatoms. The summed E-state index contributed by atoms with van der Waals surface area (Å²) >= 11 is 0. The Labute approximate surface area is 184 Å². The van der Waals surface area contributed by atoms with Crippen molar-refractivity contribution in [1.82, 2.24) is 10.2 Å². The SMILES string of the molecule is CC(C)OCCCNC(=O)C(c1ccccc1)N(Cc1ccc(F)cc1)C(=O)C(C)C. The van der Waals surface area contributed by atoms with Crippen molar-refractivity contribution in [2.24, 2.45) is 5.92 Å². The van der Waals surface area contributed by atoms with Crippen LogP contribution in [-0.4, -0.2) is 36.0 Å². The van der Waals surface area contributed by atoms with Gasteiger partial charge in [0.1, 0.15) is 11.9 Å². The molecule has 2 rings (SSSR count). The molecule has 0 aromatic heterocycles. The van der Waals surface area contributed by atoms with Crippen LogP contribution in [0.25, 0.3) is 0 Å². The summed E-state index contributed by atoms with van der Waals surface area (Å²) in [6.07, 6.45) is 0.823. The fraction of sp³-hybridized carbons (Fsp3) is 0.440. The van der Waals surface area contributed by atoms with E-state index < -0.39 is 6.04 Å². The van der Waals surface area contributed by atoms with Crippen molar-refractivity contribution in [2.45, 2.75) is 52.8 Å². The second-order valence-corrected chi connectivity index (χ2v) is 8.12. The molecule has 0 bridgehead atoms. The van der Waals surface area contributed by atoms with Gasteiger partial charge >= 0.3 is 0 Å². The summed E-state index contributed by atoms with van der Waals surface area (Å²) in [4.78, 5) is 28.0. The summed E-state index contributed by atoms with van der Waals surface area (Å²) in [5, 5.41) is 2.95. The molecule has 0 saturated heterocycles. The van der Waals surface area contributed by atoms with Crippen molar-refractivity contribution in [2.75, 3.05) is 13.2 Å². The highest BCUT2D eigenvalue weighted by atomic mass is 19.1. The Morgan fingerprint density at radius 1 is 1.00 bits per heavy atom. The molecule has 31 heavy (non-hydrogen) atoms. The average molecular weight is 429 g/mol. The summed E-state index contributed by atoms with van der Waals surface area (Å²) in [5.74, 6) is -1.02. The third kappa shape index (κ3) is 7.79. The number of nitrogens with zero attached hydrogens (tertiary/aromatic N) is 1. The van der Waals surface area contributed by atoms with Crippen LogP contribution in [-0.2, 0) is 20.9 Å². The summed E-state index contributed by atoms with van der Waals surface area (Å²) in [6, 6.07) is 14.5. The number of hydrogen-bond acceptors (Lipinski definition) is 3. The van der Waals surface area contributed by atoms with E-state index in [1.807, 2.05) is 58.0 Å². The van der Waals surface area contributed by atoms with Crippen LogP contribution in [0.2, 0.25) is 0 Å². The Kier molecular flexibility index (Phi) is 9.66. The Hall–Kier alpha value is -2.73. The van der Waals surface area contributed by atoms with Gasteiger partial charge < -0.3 is 15.0 Å². The van der Waals surface area contributed by atoms with E-state index in [0.29, 0.717) is 19.6 Å². The summed E-state index contributed by atoms with van der Waals surface area (Å²) in [6.45, 7) is 8.77. The first-order chi connectivity index (χ1) is 14.8. The fourth-order valence-electron chi connectivity index (χ4n) is 3.22. The van der Waals surface area contributed by atoms with Gasteiger partial charge in [-0.05, 0) is 43.5 Å².